The van der Waals surface area contributed by atoms with Gasteiger partial charge in [0.25, 0.3) is 0 Å². The minimum Gasteiger partial charge on any atom is -0.335 e. The van der Waals surface area contributed by atoms with Gasteiger partial charge in [-0.05, 0) is 43.6 Å². The summed E-state index contributed by atoms with van der Waals surface area (Å²) in [6.07, 6.45) is -7.72. The van der Waals surface area contributed by atoms with Crippen LogP contribution in [0.3, 0.4) is 0 Å². The number of amides is 2. The van der Waals surface area contributed by atoms with Gasteiger partial charge in [0.05, 0.1) is 18.0 Å². The lowest BCUT2D eigenvalue weighted by molar-refractivity contribution is -0.188. The molecular weight excluding hydrogens is 428 g/mol. The highest BCUT2D eigenvalue weighted by Crippen LogP contribution is 2.29. The first kappa shape index (κ1) is 23.4. The van der Waals surface area contributed by atoms with Crippen LogP contribution in [0, 0.1) is 0 Å². The molecule has 1 aromatic carbocycles. The molecule has 2 amide bonds. The molecule has 2 saturated heterocycles. The SMILES string of the molecule is O=C(Cc1ccc(C(F)(F)F)cc1)N1CCN(C(=O)C(F)(F)F)CC1CN1CCCC1. The molecule has 0 aromatic heterocycles. The number of benzene rings is 1. The molecule has 0 aliphatic carbocycles. The average Bonchev–Trinajstić information content (AvgIpc) is 3.19. The van der Waals surface area contributed by atoms with E-state index >= 15 is 0 Å². The van der Waals surface area contributed by atoms with Crippen molar-refractivity contribution in [1.82, 2.24) is 14.7 Å². The molecule has 0 radical (unpaired) electrons. The van der Waals surface area contributed by atoms with Crippen molar-refractivity contribution in [3.63, 3.8) is 0 Å². The molecule has 3 rings (SSSR count). The molecule has 0 spiro atoms. The Bertz CT molecular complexity index is 788. The first-order chi connectivity index (χ1) is 14.4. The van der Waals surface area contributed by atoms with Gasteiger partial charge in [-0.25, -0.2) is 0 Å². The Balaban J connectivity index is 1.71. The maximum Gasteiger partial charge on any atom is 0.471 e. The minimum absolute atomic E-state index is 0.0558. The van der Waals surface area contributed by atoms with E-state index in [1.807, 2.05) is 4.90 Å². The second-order valence-electron chi connectivity index (χ2n) is 7.87. The Morgan fingerprint density at radius 1 is 0.903 bits per heavy atom. The monoisotopic (exact) mass is 451 g/mol. The second kappa shape index (κ2) is 9.05. The van der Waals surface area contributed by atoms with Crippen molar-refractivity contribution in [3.8, 4) is 0 Å². The molecule has 2 aliphatic heterocycles. The van der Waals surface area contributed by atoms with Gasteiger partial charge < -0.3 is 14.7 Å². The van der Waals surface area contributed by atoms with E-state index in [9.17, 15) is 35.9 Å². The fourth-order valence-electron chi connectivity index (χ4n) is 4.05. The predicted octanol–water partition coefficient (Wildman–Crippen LogP) is 2.95. The minimum atomic E-state index is -4.98. The van der Waals surface area contributed by atoms with E-state index in [0.717, 1.165) is 43.0 Å². The molecule has 1 aromatic rings. The highest BCUT2D eigenvalue weighted by Gasteiger charge is 2.45. The zero-order valence-corrected chi connectivity index (χ0v) is 16.7. The third-order valence-corrected chi connectivity index (χ3v) is 5.64. The average molecular weight is 451 g/mol. The molecular formula is C20H23F6N3O2. The van der Waals surface area contributed by atoms with Crippen molar-refractivity contribution in [2.45, 2.75) is 37.7 Å². The van der Waals surface area contributed by atoms with Crippen LogP contribution in [-0.4, -0.2) is 78.0 Å². The van der Waals surface area contributed by atoms with Crippen LogP contribution in [0.1, 0.15) is 24.0 Å². The summed E-state index contributed by atoms with van der Waals surface area (Å²) in [6.45, 7) is 1.36. The fraction of sp³-hybridized carbons (Fsp3) is 0.600. The summed E-state index contributed by atoms with van der Waals surface area (Å²) in [6, 6.07) is 3.62. The van der Waals surface area contributed by atoms with E-state index in [4.69, 9.17) is 0 Å². The largest absolute Gasteiger partial charge is 0.471 e. The fourth-order valence-corrected chi connectivity index (χ4v) is 4.05. The van der Waals surface area contributed by atoms with E-state index in [2.05, 4.69) is 0 Å². The zero-order valence-electron chi connectivity index (χ0n) is 16.7. The highest BCUT2D eigenvalue weighted by atomic mass is 19.4. The topological polar surface area (TPSA) is 43.9 Å². The maximum atomic E-state index is 12.9. The van der Waals surface area contributed by atoms with Gasteiger partial charge in [0, 0.05) is 26.2 Å². The summed E-state index contributed by atoms with van der Waals surface area (Å²) in [5.74, 6) is -2.31. The third kappa shape index (κ3) is 5.90. The smallest absolute Gasteiger partial charge is 0.335 e. The molecule has 2 aliphatic rings. The molecule has 1 atom stereocenters. The van der Waals surface area contributed by atoms with E-state index < -0.39 is 29.9 Å². The number of carbonyl (C=O) groups excluding carboxylic acids is 2. The molecule has 31 heavy (non-hydrogen) atoms. The van der Waals surface area contributed by atoms with E-state index in [1.165, 1.54) is 17.0 Å². The summed E-state index contributed by atoms with van der Waals surface area (Å²) in [5.41, 5.74) is -0.443. The van der Waals surface area contributed by atoms with Crippen LogP contribution in [0.2, 0.25) is 0 Å². The number of carbonyl (C=O) groups is 2. The summed E-state index contributed by atoms with van der Waals surface area (Å²) in [7, 11) is 0. The van der Waals surface area contributed by atoms with Crippen LogP contribution < -0.4 is 0 Å². The summed E-state index contributed by atoms with van der Waals surface area (Å²) >= 11 is 0. The Morgan fingerprint density at radius 3 is 2.06 bits per heavy atom. The predicted molar refractivity (Wildman–Crippen MR) is 99.0 cm³/mol. The standard InChI is InChI=1S/C20H23F6N3O2/c21-19(22,23)15-5-3-14(4-6-15)11-17(30)29-10-9-28(18(31)20(24,25)26)13-16(29)12-27-7-1-2-8-27/h3-6,16H,1-2,7-13H2. The van der Waals surface area contributed by atoms with Crippen molar-refractivity contribution in [1.29, 1.82) is 0 Å². The summed E-state index contributed by atoms with van der Waals surface area (Å²) < 4.78 is 76.7. The van der Waals surface area contributed by atoms with Crippen molar-refractivity contribution in [2.75, 3.05) is 39.3 Å². The molecule has 172 valence electrons. The van der Waals surface area contributed by atoms with Crippen LogP contribution >= 0.6 is 0 Å². The Labute approximate surface area is 175 Å². The van der Waals surface area contributed by atoms with Gasteiger partial charge in [-0.1, -0.05) is 12.1 Å². The Kier molecular flexibility index (Phi) is 6.82. The van der Waals surface area contributed by atoms with Gasteiger partial charge in [0.15, 0.2) is 0 Å². The number of hydrogen-bond acceptors (Lipinski definition) is 3. The van der Waals surface area contributed by atoms with Gasteiger partial charge in [0.1, 0.15) is 0 Å². The lowest BCUT2D eigenvalue weighted by Crippen LogP contribution is -2.61. The van der Waals surface area contributed by atoms with Crippen molar-refractivity contribution in [2.24, 2.45) is 0 Å². The molecule has 2 fully saturated rings. The van der Waals surface area contributed by atoms with Gasteiger partial charge in [-0.15, -0.1) is 0 Å². The molecule has 11 heteroatoms. The molecule has 2 heterocycles. The highest BCUT2D eigenvalue weighted by molar-refractivity contribution is 5.83. The normalized spacial score (nSPS) is 20.9. The van der Waals surface area contributed by atoms with Gasteiger partial charge >= 0.3 is 18.3 Å². The van der Waals surface area contributed by atoms with Crippen LogP contribution in [0.25, 0.3) is 0 Å². The van der Waals surface area contributed by atoms with Crippen LogP contribution in [-0.2, 0) is 22.2 Å². The molecule has 0 bridgehead atoms. The van der Waals surface area contributed by atoms with Crippen LogP contribution in [0.4, 0.5) is 26.3 Å². The van der Waals surface area contributed by atoms with Crippen molar-refractivity contribution >= 4 is 11.8 Å². The summed E-state index contributed by atoms with van der Waals surface area (Å²) in [5, 5.41) is 0. The number of halogens is 6. The Hall–Kier alpha value is -2.30. The third-order valence-electron chi connectivity index (χ3n) is 5.64. The number of nitrogens with zero attached hydrogens (tertiary/aromatic N) is 3. The number of piperazine rings is 1. The number of likely N-dealkylation sites (tertiary alicyclic amines) is 1. The van der Waals surface area contributed by atoms with Crippen molar-refractivity contribution in [3.05, 3.63) is 35.4 Å². The van der Waals surface area contributed by atoms with E-state index in [-0.39, 0.29) is 32.0 Å². The molecule has 0 N–H and O–H groups in total. The van der Waals surface area contributed by atoms with E-state index in [1.54, 1.807) is 0 Å². The number of alkyl halides is 6. The first-order valence-corrected chi connectivity index (χ1v) is 9.99. The van der Waals surface area contributed by atoms with E-state index in [0.29, 0.717) is 12.1 Å². The second-order valence-corrected chi connectivity index (χ2v) is 7.87. The van der Waals surface area contributed by atoms with Gasteiger partial charge in [-0.2, -0.15) is 26.3 Å². The van der Waals surface area contributed by atoms with Gasteiger partial charge in [0.2, 0.25) is 5.91 Å². The lowest BCUT2D eigenvalue weighted by Gasteiger charge is -2.43. The van der Waals surface area contributed by atoms with Crippen molar-refractivity contribution < 1.29 is 35.9 Å². The zero-order chi connectivity index (χ0) is 22.8. The number of rotatable bonds is 4. The Morgan fingerprint density at radius 2 is 1.52 bits per heavy atom. The quantitative estimate of drug-likeness (QED) is 0.662. The molecule has 0 saturated carbocycles. The lowest BCUT2D eigenvalue weighted by atomic mass is 10.1. The van der Waals surface area contributed by atoms with Crippen LogP contribution in [0.15, 0.2) is 24.3 Å². The summed E-state index contributed by atoms with van der Waals surface area (Å²) in [4.78, 5) is 28.8. The first-order valence-electron chi connectivity index (χ1n) is 9.99. The molecule has 5 nitrogen and oxygen atoms in total. The molecule has 1 unspecified atom stereocenters. The number of hydrogen-bond donors (Lipinski definition) is 0. The van der Waals surface area contributed by atoms with Gasteiger partial charge in [-0.3, -0.25) is 9.59 Å². The van der Waals surface area contributed by atoms with Crippen LogP contribution in [0.5, 0.6) is 0 Å². The maximum absolute atomic E-state index is 12.9.